The lowest BCUT2D eigenvalue weighted by Crippen LogP contribution is -2.90. The van der Waals surface area contributed by atoms with Crippen molar-refractivity contribution in [1.29, 1.82) is 0 Å². The second-order valence-corrected chi connectivity index (χ2v) is 2.94. The van der Waals surface area contributed by atoms with Gasteiger partial charge in [0, 0.05) is 21.1 Å². The molecule has 0 aliphatic heterocycles. The molecule has 44 valence electrons. The predicted octanol–water partition coefficient (Wildman–Crippen LogP) is -3.46. The van der Waals surface area contributed by atoms with E-state index >= 15 is 0 Å². The van der Waals surface area contributed by atoms with Crippen molar-refractivity contribution in [3.8, 4) is 0 Å². The normalized spacial score (nSPS) is 12.0. The van der Waals surface area contributed by atoms with Crippen LogP contribution in [0.25, 0.3) is 0 Å². The zero-order valence-electron chi connectivity index (χ0n) is 5.02. The van der Waals surface area contributed by atoms with E-state index in [1.165, 1.54) is 4.39 Å². The average Bonchev–Trinajstić information content (AvgIpc) is 1.30. The maximum atomic E-state index is 2.56. The van der Waals surface area contributed by atoms with Gasteiger partial charge in [-0.25, -0.2) is 0 Å². The Morgan fingerprint density at radius 3 is 1.86 bits per heavy atom. The van der Waals surface area contributed by atoms with Gasteiger partial charge in [-0.3, -0.25) is 0 Å². The minimum Gasteiger partial charge on any atom is -0.699 e. The first-order valence-electron chi connectivity index (χ1n) is 2.37. The van der Waals surface area contributed by atoms with Gasteiger partial charge in [-0.05, 0) is 0 Å². The quantitative estimate of drug-likeness (QED) is 0.349. The molecule has 0 heterocycles. The average molecular weight is 102 g/mol. The first-order chi connectivity index (χ1) is 3.06. The van der Waals surface area contributed by atoms with Crippen LogP contribution in [0.4, 0.5) is 0 Å². The van der Waals surface area contributed by atoms with Crippen molar-refractivity contribution in [3.63, 3.8) is 0 Å². The molecule has 0 rings (SSSR count). The van der Waals surface area contributed by atoms with Crippen LogP contribution in [0, 0.1) is 0 Å². The van der Waals surface area contributed by atoms with Crippen LogP contribution in [0.1, 0.15) is 0 Å². The molecule has 0 spiro atoms. The molecular formula is C3H16B2N2. The van der Waals surface area contributed by atoms with Crippen molar-refractivity contribution in [2.75, 3.05) is 21.1 Å². The fraction of sp³-hybridized carbons (Fsp3) is 1.00. The molecule has 2 N–H and O–H groups in total. The third kappa shape index (κ3) is 6.05. The van der Waals surface area contributed by atoms with Gasteiger partial charge in [0.05, 0.1) is 0 Å². The summed E-state index contributed by atoms with van der Waals surface area (Å²) < 4.78 is 1.23. The topological polar surface area (TPSA) is 16.6 Å². The Balaban J connectivity index is 3.15. The Kier molecular flexibility index (Phi) is 2.40. The monoisotopic (exact) mass is 102 g/mol. The van der Waals surface area contributed by atoms with E-state index in [0.717, 1.165) is 0 Å². The molecule has 0 aliphatic carbocycles. The summed E-state index contributed by atoms with van der Waals surface area (Å²) in [6.07, 6.45) is 0. The molecule has 0 fully saturated rings. The summed E-state index contributed by atoms with van der Waals surface area (Å²) >= 11 is 0. The standard InChI is InChI=1S/C3H16B2N2/c1-7(2,3)5-6-4/h5-6H2,1-4H3. The van der Waals surface area contributed by atoms with Crippen molar-refractivity contribution in [2.45, 2.75) is 0 Å². The maximum Gasteiger partial charge on any atom is 0.342 e. The zero-order chi connectivity index (χ0) is 5.91. The van der Waals surface area contributed by atoms with Crippen LogP contribution in [0.5, 0.6) is 0 Å². The molecule has 0 radical (unpaired) electrons. The van der Waals surface area contributed by atoms with Crippen LogP contribution in [0.15, 0.2) is 0 Å². The smallest absolute Gasteiger partial charge is 0.342 e. The van der Waals surface area contributed by atoms with Crippen LogP contribution in [0.3, 0.4) is 0 Å². The van der Waals surface area contributed by atoms with Gasteiger partial charge < -0.3 is 9.53 Å². The molecule has 0 aliphatic rings. The van der Waals surface area contributed by atoms with Crippen molar-refractivity contribution in [1.82, 2.24) is 0 Å². The summed E-state index contributed by atoms with van der Waals surface area (Å²) in [6.45, 7) is 0. The van der Waals surface area contributed by atoms with Gasteiger partial charge in [-0.1, -0.05) is 0 Å². The molecule has 0 aromatic heterocycles. The number of quaternary nitrogens is 2. The summed E-state index contributed by atoms with van der Waals surface area (Å²) in [6, 6.07) is 0. The minimum atomic E-state index is 0.292. The second kappa shape index (κ2) is 2.38. The fourth-order valence-corrected chi connectivity index (χ4v) is 0. The largest absolute Gasteiger partial charge is 0.699 e. The highest BCUT2D eigenvalue weighted by Gasteiger charge is 1.96. The van der Waals surface area contributed by atoms with Gasteiger partial charge in [0.2, 0.25) is 0 Å². The van der Waals surface area contributed by atoms with Gasteiger partial charge in [-0.2, -0.15) is 0 Å². The molecule has 0 atom stereocenters. The summed E-state index contributed by atoms with van der Waals surface area (Å²) in [4.78, 5) is 0. The van der Waals surface area contributed by atoms with Crippen molar-refractivity contribution < 1.29 is 9.53 Å². The van der Waals surface area contributed by atoms with E-state index in [9.17, 15) is 0 Å². The Labute approximate surface area is 47.2 Å². The molecule has 0 amide bonds. The van der Waals surface area contributed by atoms with Gasteiger partial charge in [-0.15, -0.1) is 0 Å². The highest BCUT2D eigenvalue weighted by Crippen LogP contribution is 1.75. The fourth-order valence-electron chi connectivity index (χ4n) is 0. The molecule has 4 heteroatoms. The van der Waals surface area contributed by atoms with E-state index in [4.69, 9.17) is 0 Å². The van der Waals surface area contributed by atoms with Gasteiger partial charge >= 0.3 is 7.55 Å². The Morgan fingerprint density at radius 1 is 1.43 bits per heavy atom. The summed E-state index contributed by atoms with van der Waals surface area (Å²) in [5.74, 6) is 0. The molecular weight excluding hydrogens is 85.7 g/mol. The molecule has 0 bridgehead atoms. The SMILES string of the molecule is [BH3-][NH2+][BH2-][N+](C)(C)C. The molecule has 0 aromatic rings. The van der Waals surface area contributed by atoms with E-state index in [2.05, 4.69) is 26.3 Å². The number of rotatable bonds is 2. The Morgan fingerprint density at radius 2 is 1.86 bits per heavy atom. The van der Waals surface area contributed by atoms with Crippen LogP contribution in [-0.4, -0.2) is 41.1 Å². The van der Waals surface area contributed by atoms with Gasteiger partial charge in [0.1, 0.15) is 7.98 Å². The maximum absolute atomic E-state index is 2.56. The summed E-state index contributed by atoms with van der Waals surface area (Å²) in [5.41, 5.74) is 0. The summed E-state index contributed by atoms with van der Waals surface area (Å²) in [7, 11) is 7.72. The number of hydrogen-bond donors (Lipinski definition) is 1. The first kappa shape index (κ1) is 7.05. The lowest BCUT2D eigenvalue weighted by atomic mass is 10.0. The third-order valence-corrected chi connectivity index (χ3v) is 0.775. The van der Waals surface area contributed by atoms with Crippen molar-refractivity contribution in [2.24, 2.45) is 0 Å². The molecule has 0 saturated heterocycles. The first-order valence-corrected chi connectivity index (χ1v) is 2.37. The molecule has 0 unspecified atom stereocenters. The van der Waals surface area contributed by atoms with E-state index in [-0.39, 0.29) is 0 Å². The van der Waals surface area contributed by atoms with E-state index in [1.807, 2.05) is 0 Å². The Hall–Kier alpha value is 0.0499. The number of hydrogen-bond acceptors (Lipinski definition) is 0. The molecule has 2 nitrogen and oxygen atoms in total. The van der Waals surface area contributed by atoms with Crippen molar-refractivity contribution in [3.05, 3.63) is 0 Å². The number of nitrogens with zero attached hydrogens (tertiary/aromatic N) is 1. The summed E-state index contributed by atoms with van der Waals surface area (Å²) in [5, 5.41) is 2.56. The predicted molar refractivity (Wildman–Crippen MR) is 38.4 cm³/mol. The van der Waals surface area contributed by atoms with Crippen molar-refractivity contribution >= 4 is 15.5 Å². The lowest BCUT2D eigenvalue weighted by Gasteiger charge is -2.31. The molecule has 7 heavy (non-hydrogen) atoms. The van der Waals surface area contributed by atoms with Crippen LogP contribution >= 0.6 is 0 Å². The minimum absolute atomic E-state index is 0.292. The van der Waals surface area contributed by atoms with Crippen LogP contribution in [0.2, 0.25) is 0 Å². The molecule has 0 saturated carbocycles. The van der Waals surface area contributed by atoms with Crippen LogP contribution < -0.4 is 5.14 Å². The Bertz CT molecular complexity index is 49.4. The second-order valence-electron chi connectivity index (χ2n) is 2.94. The van der Waals surface area contributed by atoms with Crippen LogP contribution in [-0.2, 0) is 0 Å². The van der Waals surface area contributed by atoms with E-state index < -0.39 is 0 Å². The highest BCUT2D eigenvalue weighted by atomic mass is 15.2. The van der Waals surface area contributed by atoms with Gasteiger partial charge in [0.15, 0.2) is 0 Å². The highest BCUT2D eigenvalue weighted by molar-refractivity contribution is 6.20. The van der Waals surface area contributed by atoms with Gasteiger partial charge in [0.25, 0.3) is 0 Å². The van der Waals surface area contributed by atoms with E-state index in [0.29, 0.717) is 15.5 Å². The lowest BCUT2D eigenvalue weighted by molar-refractivity contribution is -0.787. The number of nitrogens with two attached hydrogens (primary N) is 1. The molecule has 0 aromatic carbocycles. The zero-order valence-corrected chi connectivity index (χ0v) is 5.02. The third-order valence-electron chi connectivity index (χ3n) is 0.775. The van der Waals surface area contributed by atoms with E-state index in [1.54, 1.807) is 0 Å².